The van der Waals surface area contributed by atoms with Gasteiger partial charge in [-0.3, -0.25) is 4.79 Å². The van der Waals surface area contributed by atoms with E-state index in [0.717, 1.165) is 12.1 Å². The molecule has 0 fully saturated rings. The van der Waals surface area contributed by atoms with Crippen LogP contribution in [0.5, 0.6) is 11.5 Å². The fourth-order valence-electron chi connectivity index (χ4n) is 1.07. The Bertz CT molecular complexity index is 362. The van der Waals surface area contributed by atoms with Gasteiger partial charge in [-0.05, 0) is 18.6 Å². The van der Waals surface area contributed by atoms with Gasteiger partial charge in [-0.25, -0.2) is 4.39 Å². The first-order valence-electron chi connectivity index (χ1n) is 3.93. The lowest BCUT2D eigenvalue weighted by Gasteiger charge is -2.05. The van der Waals surface area contributed by atoms with Crippen molar-refractivity contribution in [2.45, 2.75) is 12.8 Å². The van der Waals surface area contributed by atoms with Gasteiger partial charge in [0.1, 0.15) is 5.82 Å². The molecule has 0 radical (unpaired) electrons. The smallest absolute Gasteiger partial charge is 0.303 e. The summed E-state index contributed by atoms with van der Waals surface area (Å²) in [5.74, 6) is -2.85. The van der Waals surface area contributed by atoms with Crippen molar-refractivity contribution in [3.05, 3.63) is 23.5 Å². The molecular weight excluding hydrogens is 191 g/mol. The van der Waals surface area contributed by atoms with E-state index in [4.69, 9.17) is 10.2 Å². The zero-order chi connectivity index (χ0) is 10.7. The number of aliphatic carboxylic acids is 1. The van der Waals surface area contributed by atoms with Gasteiger partial charge >= 0.3 is 5.97 Å². The molecule has 0 aliphatic carbocycles. The number of hydrogen-bond acceptors (Lipinski definition) is 3. The summed E-state index contributed by atoms with van der Waals surface area (Å²) in [6, 6.07) is 1.99. The minimum Gasteiger partial charge on any atom is -0.504 e. The van der Waals surface area contributed by atoms with Gasteiger partial charge in [0.15, 0.2) is 11.5 Å². The lowest BCUT2D eigenvalue weighted by Crippen LogP contribution is -1.99. The monoisotopic (exact) mass is 200 g/mol. The largest absolute Gasteiger partial charge is 0.504 e. The van der Waals surface area contributed by atoms with Crippen LogP contribution in [0, 0.1) is 5.82 Å². The summed E-state index contributed by atoms with van der Waals surface area (Å²) in [4.78, 5) is 10.2. The lowest BCUT2D eigenvalue weighted by atomic mass is 10.1. The molecule has 1 aromatic rings. The molecule has 4 nitrogen and oxygen atoms in total. The summed E-state index contributed by atoms with van der Waals surface area (Å²) in [5.41, 5.74) is -0.174. The minimum absolute atomic E-state index is 0.151. The second kappa shape index (κ2) is 3.95. The van der Waals surface area contributed by atoms with Crippen molar-refractivity contribution in [1.82, 2.24) is 0 Å². The maximum Gasteiger partial charge on any atom is 0.303 e. The van der Waals surface area contributed by atoms with Crippen LogP contribution < -0.4 is 0 Å². The molecule has 0 saturated carbocycles. The molecule has 0 bridgehead atoms. The van der Waals surface area contributed by atoms with E-state index < -0.39 is 23.3 Å². The highest BCUT2D eigenvalue weighted by atomic mass is 19.1. The molecule has 0 saturated heterocycles. The molecule has 0 unspecified atom stereocenters. The molecule has 1 aromatic carbocycles. The molecule has 0 aliphatic rings. The van der Waals surface area contributed by atoms with E-state index in [2.05, 4.69) is 0 Å². The van der Waals surface area contributed by atoms with Gasteiger partial charge in [-0.2, -0.15) is 0 Å². The third-order valence-electron chi connectivity index (χ3n) is 1.79. The summed E-state index contributed by atoms with van der Waals surface area (Å²) in [7, 11) is 0. The Labute approximate surface area is 79.2 Å². The summed E-state index contributed by atoms with van der Waals surface area (Å²) < 4.78 is 13.0. The number of rotatable bonds is 3. The third-order valence-corrected chi connectivity index (χ3v) is 1.79. The standard InChI is InChI=1S/C9H9FO4/c10-6-2-3-7(11)9(14)5(6)1-4-8(12)13/h2-3,11,14H,1,4H2,(H,12,13). The normalized spacial score (nSPS) is 10.1. The first-order chi connectivity index (χ1) is 6.52. The summed E-state index contributed by atoms with van der Waals surface area (Å²) >= 11 is 0. The van der Waals surface area contributed by atoms with Crippen molar-refractivity contribution in [1.29, 1.82) is 0 Å². The van der Waals surface area contributed by atoms with E-state index in [0.29, 0.717) is 0 Å². The zero-order valence-electron chi connectivity index (χ0n) is 7.20. The van der Waals surface area contributed by atoms with E-state index in [1.807, 2.05) is 0 Å². The Kier molecular flexibility index (Phi) is 2.91. The van der Waals surface area contributed by atoms with E-state index in [-0.39, 0.29) is 18.4 Å². The molecule has 1 rings (SSSR count). The van der Waals surface area contributed by atoms with Crippen molar-refractivity contribution in [2.24, 2.45) is 0 Å². The zero-order valence-corrected chi connectivity index (χ0v) is 7.20. The van der Waals surface area contributed by atoms with Crippen molar-refractivity contribution in [3.63, 3.8) is 0 Å². The molecule has 14 heavy (non-hydrogen) atoms. The molecule has 0 atom stereocenters. The van der Waals surface area contributed by atoms with Crippen molar-refractivity contribution < 1.29 is 24.5 Å². The quantitative estimate of drug-likeness (QED) is 0.642. The van der Waals surface area contributed by atoms with E-state index in [9.17, 15) is 14.3 Å². The fourth-order valence-corrected chi connectivity index (χ4v) is 1.07. The number of carbonyl (C=O) groups is 1. The first kappa shape index (κ1) is 10.3. The summed E-state index contributed by atoms with van der Waals surface area (Å²) in [6.07, 6.45) is -0.449. The van der Waals surface area contributed by atoms with Crippen LogP contribution in [0.25, 0.3) is 0 Å². The Morgan fingerprint density at radius 1 is 1.36 bits per heavy atom. The second-order valence-corrected chi connectivity index (χ2v) is 2.79. The second-order valence-electron chi connectivity index (χ2n) is 2.79. The van der Waals surface area contributed by atoms with Crippen LogP contribution in [0.15, 0.2) is 12.1 Å². The number of hydrogen-bond donors (Lipinski definition) is 3. The predicted octanol–water partition coefficient (Wildman–Crippen LogP) is 1.25. The van der Waals surface area contributed by atoms with Gasteiger partial charge in [0.2, 0.25) is 0 Å². The number of carboxylic acid groups (broad SMARTS) is 1. The van der Waals surface area contributed by atoms with E-state index >= 15 is 0 Å². The number of aromatic hydroxyl groups is 2. The maximum absolute atomic E-state index is 13.0. The highest BCUT2D eigenvalue weighted by Gasteiger charge is 2.13. The van der Waals surface area contributed by atoms with Crippen LogP contribution in [0.4, 0.5) is 4.39 Å². The minimum atomic E-state index is -1.09. The molecule has 5 heteroatoms. The lowest BCUT2D eigenvalue weighted by molar-refractivity contribution is -0.136. The molecule has 0 amide bonds. The third kappa shape index (κ3) is 2.12. The molecular formula is C9H9FO4. The van der Waals surface area contributed by atoms with Crippen molar-refractivity contribution in [2.75, 3.05) is 0 Å². The topological polar surface area (TPSA) is 77.8 Å². The van der Waals surface area contributed by atoms with Crippen molar-refractivity contribution >= 4 is 5.97 Å². The van der Waals surface area contributed by atoms with Gasteiger partial charge in [0, 0.05) is 12.0 Å². The molecule has 3 N–H and O–H groups in total. The average Bonchev–Trinajstić information content (AvgIpc) is 2.11. The van der Waals surface area contributed by atoms with Crippen LogP contribution >= 0.6 is 0 Å². The molecule has 0 aromatic heterocycles. The van der Waals surface area contributed by atoms with Crippen LogP contribution in [-0.2, 0) is 11.2 Å². The Morgan fingerprint density at radius 2 is 2.00 bits per heavy atom. The van der Waals surface area contributed by atoms with Crippen LogP contribution in [0.3, 0.4) is 0 Å². The van der Waals surface area contributed by atoms with Crippen LogP contribution in [0.1, 0.15) is 12.0 Å². The Balaban J connectivity index is 2.95. The number of phenols is 2. The summed E-state index contributed by atoms with van der Waals surface area (Å²) in [6.45, 7) is 0. The molecule has 0 spiro atoms. The fraction of sp³-hybridized carbons (Fsp3) is 0.222. The number of phenolic OH excluding ortho intramolecular Hbond substituents is 2. The van der Waals surface area contributed by atoms with Crippen molar-refractivity contribution in [3.8, 4) is 11.5 Å². The number of carboxylic acids is 1. The predicted molar refractivity (Wildman–Crippen MR) is 45.7 cm³/mol. The van der Waals surface area contributed by atoms with Gasteiger partial charge < -0.3 is 15.3 Å². The van der Waals surface area contributed by atoms with E-state index in [1.165, 1.54) is 0 Å². The van der Waals surface area contributed by atoms with Gasteiger partial charge in [0.05, 0.1) is 0 Å². The van der Waals surface area contributed by atoms with E-state index in [1.54, 1.807) is 0 Å². The highest BCUT2D eigenvalue weighted by Crippen LogP contribution is 2.31. The molecule has 0 heterocycles. The average molecular weight is 200 g/mol. The number of benzene rings is 1. The maximum atomic E-state index is 13.0. The van der Waals surface area contributed by atoms with Gasteiger partial charge in [-0.1, -0.05) is 0 Å². The Hall–Kier alpha value is -1.78. The van der Waals surface area contributed by atoms with Crippen LogP contribution in [-0.4, -0.2) is 21.3 Å². The molecule has 0 aliphatic heterocycles. The highest BCUT2D eigenvalue weighted by molar-refractivity contribution is 5.67. The van der Waals surface area contributed by atoms with Gasteiger partial charge in [-0.15, -0.1) is 0 Å². The first-order valence-corrected chi connectivity index (χ1v) is 3.93. The number of halogens is 1. The summed E-state index contributed by atoms with van der Waals surface area (Å²) in [5, 5.41) is 26.6. The van der Waals surface area contributed by atoms with Crippen LogP contribution in [0.2, 0.25) is 0 Å². The SMILES string of the molecule is O=C(O)CCc1c(F)ccc(O)c1O. The van der Waals surface area contributed by atoms with Gasteiger partial charge in [0.25, 0.3) is 0 Å². The Morgan fingerprint density at radius 3 is 2.57 bits per heavy atom. The molecule has 76 valence electrons.